The maximum Gasteiger partial charge on any atom is 0.0785 e. The molecule has 0 radical (unpaired) electrons. The maximum absolute atomic E-state index is 2.58. The first-order valence-electron chi connectivity index (χ1n) is 22.7. The monoisotopic (exact) mass is 844 g/mol. The molecule has 0 saturated carbocycles. The molecule has 0 spiro atoms. The summed E-state index contributed by atoms with van der Waals surface area (Å²) in [6, 6.07) is 66.0. The van der Waals surface area contributed by atoms with Crippen molar-refractivity contribution in [2.75, 3.05) is 9.80 Å². The van der Waals surface area contributed by atoms with Crippen molar-refractivity contribution < 1.29 is 0 Å². The highest BCUT2D eigenvalue weighted by molar-refractivity contribution is 6.90. The van der Waals surface area contributed by atoms with Gasteiger partial charge in [-0.15, -0.1) is 0 Å². The lowest BCUT2D eigenvalue weighted by molar-refractivity contribution is 1.23. The Bertz CT molecular complexity index is 3380. The van der Waals surface area contributed by atoms with Gasteiger partial charge in [0, 0.05) is 33.5 Å². The van der Waals surface area contributed by atoms with Crippen LogP contribution in [-0.2, 0) is 0 Å². The van der Waals surface area contributed by atoms with Gasteiger partial charge in [-0.1, -0.05) is 175 Å². The molecule has 64 heavy (non-hydrogen) atoms. The fourth-order valence-electron chi connectivity index (χ4n) is 10.3. The third-order valence-corrected chi connectivity index (χ3v) is 15.5. The van der Waals surface area contributed by atoms with Crippen molar-refractivity contribution in [1.29, 1.82) is 0 Å². The van der Waals surface area contributed by atoms with Crippen LogP contribution in [0.3, 0.4) is 0 Å². The molecule has 314 valence electrons. The van der Waals surface area contributed by atoms with E-state index in [1.807, 2.05) is 0 Å². The van der Waals surface area contributed by atoms with E-state index >= 15 is 0 Å². The summed E-state index contributed by atoms with van der Waals surface area (Å²) in [6.45, 7) is 21.0. The van der Waals surface area contributed by atoms with Gasteiger partial charge < -0.3 is 9.80 Å². The molecular weight excluding hydrogens is 789 g/mol. The smallest absolute Gasteiger partial charge is 0.0785 e. The van der Waals surface area contributed by atoms with E-state index in [-0.39, 0.29) is 0 Å². The summed E-state index contributed by atoms with van der Waals surface area (Å²) in [5.41, 5.74) is 19.6. The molecule has 10 aromatic carbocycles. The summed E-state index contributed by atoms with van der Waals surface area (Å²) < 4.78 is 0. The summed E-state index contributed by atoms with van der Waals surface area (Å²) in [5.74, 6) is 0. The van der Waals surface area contributed by atoms with Crippen molar-refractivity contribution in [3.63, 3.8) is 0 Å². The largest absolute Gasteiger partial charge is 0.309 e. The Balaban J connectivity index is 1.30. The van der Waals surface area contributed by atoms with Crippen molar-refractivity contribution in [2.24, 2.45) is 0 Å². The van der Waals surface area contributed by atoms with Gasteiger partial charge in [-0.05, 0) is 144 Å². The third kappa shape index (κ3) is 6.96. The van der Waals surface area contributed by atoms with E-state index in [1.165, 1.54) is 127 Å². The number of benzene rings is 10. The quantitative estimate of drug-likeness (QED) is 0.105. The second-order valence-corrected chi connectivity index (χ2v) is 23.9. The van der Waals surface area contributed by atoms with E-state index in [0.29, 0.717) is 0 Å². The Labute approximate surface area is 380 Å². The van der Waals surface area contributed by atoms with Crippen LogP contribution in [0.1, 0.15) is 33.4 Å². The molecule has 0 unspecified atom stereocenters. The van der Waals surface area contributed by atoms with Crippen LogP contribution in [0, 0.1) is 41.5 Å². The fourth-order valence-corrected chi connectivity index (χ4v) is 11.9. The number of hydrogen-bond donors (Lipinski definition) is 0. The normalized spacial score (nSPS) is 11.8. The lowest BCUT2D eigenvalue weighted by Gasteiger charge is -2.34. The molecule has 0 aliphatic carbocycles. The highest BCUT2D eigenvalue weighted by Gasteiger charge is 2.29. The van der Waals surface area contributed by atoms with E-state index in [9.17, 15) is 0 Å². The molecule has 0 fully saturated rings. The number of nitrogens with zero attached hydrogens (tertiary/aromatic N) is 2. The van der Waals surface area contributed by atoms with Crippen LogP contribution >= 0.6 is 0 Å². The van der Waals surface area contributed by atoms with E-state index < -0.39 is 8.07 Å². The van der Waals surface area contributed by atoms with E-state index in [1.54, 1.807) is 0 Å². The average Bonchev–Trinajstić information content (AvgIpc) is 3.28. The van der Waals surface area contributed by atoms with Gasteiger partial charge in [-0.25, -0.2) is 0 Å². The van der Waals surface area contributed by atoms with Crippen LogP contribution < -0.4 is 15.0 Å². The molecule has 0 saturated heterocycles. The Kier molecular flexibility index (Phi) is 10.3. The molecule has 3 heteroatoms. The molecule has 2 nitrogen and oxygen atoms in total. The molecule has 0 bridgehead atoms. The lowest BCUT2D eigenvalue weighted by atomic mass is 9.90. The van der Waals surface area contributed by atoms with E-state index in [2.05, 4.69) is 247 Å². The summed E-state index contributed by atoms with van der Waals surface area (Å²) in [6.07, 6.45) is 0. The van der Waals surface area contributed by atoms with E-state index in [4.69, 9.17) is 0 Å². The first-order chi connectivity index (χ1) is 30.9. The van der Waals surface area contributed by atoms with Crippen LogP contribution in [0.15, 0.2) is 176 Å². The topological polar surface area (TPSA) is 6.48 Å². The Morgan fingerprint density at radius 1 is 0.344 bits per heavy atom. The highest BCUT2D eigenvalue weighted by atomic mass is 28.3. The standard InChI is InChI=1S/C61H56N2Si/c1-39-26-33-53(41(3)36-39)62(55-24-16-22-48(43(55)5)45-18-12-10-13-19-45)57-35-29-47-28-30-51-58(38-59(64(7,8)9)52-32-31-50(57)60(47)61(51)52)63(54-34-27-40(2)37-42(54)4)56-25-17-23-49(44(56)6)46-20-14-11-15-21-46/h10-38H,1-9H3. The van der Waals surface area contributed by atoms with Crippen molar-refractivity contribution in [1.82, 2.24) is 0 Å². The van der Waals surface area contributed by atoms with Crippen LogP contribution in [-0.4, -0.2) is 8.07 Å². The van der Waals surface area contributed by atoms with Crippen LogP contribution in [0.5, 0.6) is 0 Å². The van der Waals surface area contributed by atoms with Gasteiger partial charge >= 0.3 is 0 Å². The third-order valence-electron chi connectivity index (χ3n) is 13.5. The molecule has 10 rings (SSSR count). The predicted octanol–water partition coefficient (Wildman–Crippen LogP) is 17.3. The van der Waals surface area contributed by atoms with Gasteiger partial charge in [0.05, 0.1) is 19.4 Å². The summed E-state index contributed by atoms with van der Waals surface area (Å²) >= 11 is 0. The van der Waals surface area contributed by atoms with Crippen molar-refractivity contribution in [2.45, 2.75) is 61.2 Å². The van der Waals surface area contributed by atoms with Gasteiger partial charge in [0.15, 0.2) is 0 Å². The van der Waals surface area contributed by atoms with E-state index in [0.717, 1.165) is 0 Å². The van der Waals surface area contributed by atoms with Crippen LogP contribution in [0.25, 0.3) is 54.6 Å². The van der Waals surface area contributed by atoms with Crippen molar-refractivity contribution >= 4 is 79.7 Å². The zero-order valence-electron chi connectivity index (χ0n) is 38.6. The van der Waals surface area contributed by atoms with Crippen LogP contribution in [0.4, 0.5) is 34.1 Å². The number of rotatable bonds is 9. The van der Waals surface area contributed by atoms with Crippen LogP contribution in [0.2, 0.25) is 19.6 Å². The number of hydrogen-bond acceptors (Lipinski definition) is 2. The Hall–Kier alpha value is -6.94. The summed E-state index contributed by atoms with van der Waals surface area (Å²) in [4.78, 5) is 5.11. The van der Waals surface area contributed by atoms with Gasteiger partial charge in [-0.2, -0.15) is 0 Å². The van der Waals surface area contributed by atoms with Crippen molar-refractivity contribution in [3.8, 4) is 22.3 Å². The minimum Gasteiger partial charge on any atom is -0.309 e. The van der Waals surface area contributed by atoms with Gasteiger partial charge in [0.1, 0.15) is 0 Å². The summed E-state index contributed by atoms with van der Waals surface area (Å²) in [7, 11) is -1.94. The molecule has 0 aliphatic heterocycles. The average molecular weight is 845 g/mol. The number of aryl methyl sites for hydroxylation is 4. The molecule has 0 heterocycles. The van der Waals surface area contributed by atoms with Gasteiger partial charge in [-0.3, -0.25) is 0 Å². The Morgan fingerprint density at radius 2 is 0.797 bits per heavy atom. The molecule has 10 aromatic rings. The SMILES string of the molecule is Cc1ccc(N(c2cccc(-c3ccccc3)c2C)c2ccc3ccc4c(N(c5ccc(C)cc5C)c5cccc(-c6ccccc6)c5C)cc([Si](C)(C)C)c5ccc2c3c45)c(C)c1. The van der Waals surface area contributed by atoms with Gasteiger partial charge in [0.2, 0.25) is 0 Å². The maximum atomic E-state index is 2.58. The minimum absolute atomic E-state index is 1.18. The highest BCUT2D eigenvalue weighted by Crippen LogP contribution is 2.50. The van der Waals surface area contributed by atoms with Gasteiger partial charge in [0.25, 0.3) is 0 Å². The summed E-state index contributed by atoms with van der Waals surface area (Å²) in [5, 5.41) is 9.26. The molecule has 0 atom stereocenters. The molecule has 0 aliphatic rings. The molecule has 0 N–H and O–H groups in total. The molecular formula is C61H56N2Si. The second-order valence-electron chi connectivity index (χ2n) is 18.9. The lowest BCUT2D eigenvalue weighted by Crippen LogP contribution is -2.38. The zero-order valence-corrected chi connectivity index (χ0v) is 39.6. The molecule has 0 aromatic heterocycles. The first kappa shape index (κ1) is 41.1. The second kappa shape index (κ2) is 16.0. The van der Waals surface area contributed by atoms with Crippen molar-refractivity contribution in [3.05, 3.63) is 209 Å². The fraction of sp³-hybridized carbons (Fsp3) is 0.148. The molecule has 0 amide bonds. The Morgan fingerprint density at radius 3 is 1.31 bits per heavy atom. The number of anilines is 6. The first-order valence-corrected chi connectivity index (χ1v) is 26.2. The predicted molar refractivity (Wildman–Crippen MR) is 282 cm³/mol. The zero-order chi connectivity index (χ0) is 44.4. The minimum atomic E-state index is -1.94.